The quantitative estimate of drug-likeness (QED) is 0.107. The number of ether oxygens (including phenoxy) is 14. The van der Waals surface area contributed by atoms with Crippen molar-refractivity contribution in [2.45, 2.75) is 184 Å². The molecular formula is C38H64O30. The zero-order valence-corrected chi connectivity index (χ0v) is 36.4. The van der Waals surface area contributed by atoms with Gasteiger partial charge < -0.3 is 148 Å². The van der Waals surface area contributed by atoms with E-state index in [9.17, 15) is 81.7 Å². The second-order valence-corrected chi connectivity index (χ2v) is 17.3. The minimum atomic E-state index is -2.13. The van der Waals surface area contributed by atoms with Crippen LogP contribution in [0.15, 0.2) is 0 Å². The molecule has 0 aromatic rings. The standard InChI is InChI=1S/C38H64O30/c1-55-31-30-14(8-44)62-38(32(31)56-2)67-29-13(7-43)60-36(23(53)19(29)49)65-27-11(5-41)58-34(21(51)17(27)47)63-25-9(3-39)57-33(20(50)15(25)45)64-26-10(4-40)59-35(22(52)16(26)46)66-28-12(6-42)61-37(68-30)24(54)18(28)48/h9-54H,3-8H2,1-2H3/t9-,10-,11-,12-,13-,14-,15-,16-,17-,18-,19-,20-,21-,22-,23-,24-,25-,26-,27-,28-,29-,30-,31+,32-,33-,34-,35-,36-,37-,38-/m1/s1. The average Bonchev–Trinajstić information content (AvgIpc) is 3.34. The molecule has 396 valence electrons. The molecule has 30 heteroatoms. The zero-order chi connectivity index (χ0) is 49.5. The molecule has 30 atom stereocenters. The molecule has 0 radical (unpaired) electrons. The molecule has 22 aliphatic heterocycles. The minimum absolute atomic E-state index is 0.854. The smallest absolute Gasteiger partial charge is 0.187 e. The molecule has 0 spiro atoms. The van der Waals surface area contributed by atoms with Gasteiger partial charge in [0.1, 0.15) is 146 Å². The maximum absolute atomic E-state index is 11.4. The molecule has 0 saturated carbocycles. The number of aliphatic hydroxyl groups is 16. The normalized spacial score (nSPS) is 54.1. The number of hydrogen-bond donors (Lipinski definition) is 16. The third kappa shape index (κ3) is 10.5. The first-order valence-electron chi connectivity index (χ1n) is 21.9. The van der Waals surface area contributed by atoms with Gasteiger partial charge in [-0.15, -0.1) is 0 Å². The maximum atomic E-state index is 11.4. The van der Waals surface area contributed by atoms with Crippen molar-refractivity contribution >= 4 is 0 Å². The SMILES string of the molecule is CO[C@@H]1[C@@H](OC)[C@H]2O[C@H]3[C@H](O)[C@@H](O)[C@@H](O[C@H]4[C@H](O)[C@@H](O)[C@@H](O[C@H]5[C@H](O)[C@@H](O)[C@@H](O[C@H]6[C@H](O)[C@@H](O)[C@@H](O[C@H]7[C@H](O)[C@@H](O)[C@@H](O[C@@H]1[C@@H](CO)O2)O[C@@H]7CO)O[C@@H]6CO)O[C@@H]5CO)O[C@@H]4CO)O[C@@H]3CO. The van der Waals surface area contributed by atoms with Crippen LogP contribution >= 0.6 is 0 Å². The highest BCUT2D eigenvalue weighted by Crippen LogP contribution is 2.38. The summed E-state index contributed by atoms with van der Waals surface area (Å²) in [5.74, 6) is 0. The summed E-state index contributed by atoms with van der Waals surface area (Å²) in [6.45, 7) is -5.65. The van der Waals surface area contributed by atoms with Crippen LogP contribution in [0.1, 0.15) is 0 Å². The van der Waals surface area contributed by atoms with Crippen LogP contribution in [0.25, 0.3) is 0 Å². The molecule has 12 bridgehead atoms. The Bertz CT molecular complexity index is 1550. The molecule has 22 aliphatic rings. The van der Waals surface area contributed by atoms with Gasteiger partial charge in [0, 0.05) is 14.2 Å². The molecule has 22 rings (SSSR count). The predicted octanol–water partition coefficient (Wildman–Crippen LogP) is -11.7. The Morgan fingerprint density at radius 3 is 0.662 bits per heavy atom. The van der Waals surface area contributed by atoms with Gasteiger partial charge in [0.15, 0.2) is 37.7 Å². The third-order valence-corrected chi connectivity index (χ3v) is 13.2. The van der Waals surface area contributed by atoms with Crippen molar-refractivity contribution in [2.75, 3.05) is 53.9 Å². The van der Waals surface area contributed by atoms with E-state index in [0.29, 0.717) is 0 Å². The van der Waals surface area contributed by atoms with Crippen LogP contribution in [0.2, 0.25) is 0 Å². The number of aliphatic hydroxyl groups excluding tert-OH is 16. The number of hydrogen-bond acceptors (Lipinski definition) is 30. The fraction of sp³-hybridized carbons (Fsp3) is 1.00. The van der Waals surface area contributed by atoms with Crippen molar-refractivity contribution in [3.8, 4) is 0 Å². The first kappa shape index (κ1) is 54.6. The summed E-state index contributed by atoms with van der Waals surface area (Å²) < 4.78 is 80.9. The monoisotopic (exact) mass is 1000 g/mol. The summed E-state index contributed by atoms with van der Waals surface area (Å²) in [6.07, 6.45) is -54.7. The van der Waals surface area contributed by atoms with E-state index in [0.717, 1.165) is 0 Å². The molecule has 0 aromatic heterocycles. The van der Waals surface area contributed by atoms with Gasteiger partial charge in [-0.2, -0.15) is 0 Å². The molecule has 0 aromatic carbocycles. The van der Waals surface area contributed by atoms with E-state index in [1.165, 1.54) is 14.2 Å². The van der Waals surface area contributed by atoms with Gasteiger partial charge in [0.25, 0.3) is 0 Å². The fourth-order valence-electron chi connectivity index (χ4n) is 9.41. The summed E-state index contributed by atoms with van der Waals surface area (Å²) >= 11 is 0. The lowest BCUT2D eigenvalue weighted by molar-refractivity contribution is -0.405. The van der Waals surface area contributed by atoms with Crippen molar-refractivity contribution < 1.29 is 148 Å². The molecule has 16 N–H and O–H groups in total. The average molecular weight is 1000 g/mol. The van der Waals surface area contributed by atoms with E-state index in [2.05, 4.69) is 0 Å². The second kappa shape index (κ2) is 23.3. The van der Waals surface area contributed by atoms with Gasteiger partial charge in [0.2, 0.25) is 0 Å². The van der Waals surface area contributed by atoms with Gasteiger partial charge in [-0.25, -0.2) is 0 Å². The summed E-state index contributed by atoms with van der Waals surface area (Å²) in [4.78, 5) is 0. The van der Waals surface area contributed by atoms with Crippen molar-refractivity contribution in [3.05, 3.63) is 0 Å². The highest BCUT2D eigenvalue weighted by atomic mass is 16.8. The molecule has 0 aliphatic carbocycles. The first-order chi connectivity index (χ1) is 32.5. The molecule has 22 heterocycles. The molecule has 0 amide bonds. The van der Waals surface area contributed by atoms with Crippen LogP contribution in [0.3, 0.4) is 0 Å². The van der Waals surface area contributed by atoms with E-state index in [4.69, 9.17) is 66.3 Å². The van der Waals surface area contributed by atoms with E-state index < -0.39 is 224 Å². The van der Waals surface area contributed by atoms with E-state index >= 15 is 0 Å². The Labute approximate surface area is 385 Å². The maximum Gasteiger partial charge on any atom is 0.187 e. The van der Waals surface area contributed by atoms with Crippen LogP contribution in [-0.2, 0) is 66.3 Å². The lowest BCUT2D eigenvalue weighted by Crippen LogP contribution is -2.69. The van der Waals surface area contributed by atoms with Gasteiger partial charge in [-0.05, 0) is 0 Å². The van der Waals surface area contributed by atoms with E-state index in [1.54, 1.807) is 0 Å². The highest BCUT2D eigenvalue weighted by Gasteiger charge is 2.59. The summed E-state index contributed by atoms with van der Waals surface area (Å²) in [5.41, 5.74) is 0. The molecule has 68 heavy (non-hydrogen) atoms. The zero-order valence-electron chi connectivity index (χ0n) is 36.4. The first-order valence-corrected chi connectivity index (χ1v) is 21.9. The van der Waals surface area contributed by atoms with Crippen molar-refractivity contribution in [1.82, 2.24) is 0 Å². The Balaban J connectivity index is 1.21. The number of methoxy groups -OCH3 is 2. The van der Waals surface area contributed by atoms with Crippen LogP contribution in [0.5, 0.6) is 0 Å². The van der Waals surface area contributed by atoms with E-state index in [-0.39, 0.29) is 0 Å². The number of rotatable bonds is 8. The van der Waals surface area contributed by atoms with Gasteiger partial charge in [-0.1, -0.05) is 0 Å². The molecule has 22 saturated heterocycles. The van der Waals surface area contributed by atoms with Gasteiger partial charge in [0.05, 0.1) is 39.6 Å². The van der Waals surface area contributed by atoms with E-state index in [1.807, 2.05) is 0 Å². The van der Waals surface area contributed by atoms with Gasteiger partial charge in [-0.3, -0.25) is 0 Å². The van der Waals surface area contributed by atoms with Crippen molar-refractivity contribution in [2.24, 2.45) is 0 Å². The van der Waals surface area contributed by atoms with Gasteiger partial charge >= 0.3 is 0 Å². The predicted molar refractivity (Wildman–Crippen MR) is 205 cm³/mol. The topological polar surface area (TPSA) is 453 Å². The molecule has 0 unspecified atom stereocenters. The lowest BCUT2D eigenvalue weighted by atomic mass is 9.94. The largest absolute Gasteiger partial charge is 0.394 e. The Kier molecular flexibility index (Phi) is 18.7. The molecular weight excluding hydrogens is 936 g/mol. The summed E-state index contributed by atoms with van der Waals surface area (Å²) in [7, 11) is 2.39. The summed E-state index contributed by atoms with van der Waals surface area (Å²) in [5, 5.41) is 175. The highest BCUT2D eigenvalue weighted by molar-refractivity contribution is 5.01. The Morgan fingerprint density at radius 1 is 0.250 bits per heavy atom. The third-order valence-electron chi connectivity index (χ3n) is 13.2. The van der Waals surface area contributed by atoms with Crippen molar-refractivity contribution in [3.63, 3.8) is 0 Å². The van der Waals surface area contributed by atoms with Crippen LogP contribution in [0.4, 0.5) is 0 Å². The Morgan fingerprint density at radius 2 is 0.441 bits per heavy atom. The van der Waals surface area contributed by atoms with Crippen LogP contribution < -0.4 is 0 Å². The molecule has 30 nitrogen and oxygen atoms in total. The molecule has 22 fully saturated rings. The Hall–Kier alpha value is -1.20. The summed E-state index contributed by atoms with van der Waals surface area (Å²) in [6, 6.07) is 0. The minimum Gasteiger partial charge on any atom is -0.394 e. The van der Waals surface area contributed by atoms with Crippen LogP contribution in [0, 0.1) is 0 Å². The van der Waals surface area contributed by atoms with Crippen molar-refractivity contribution in [1.29, 1.82) is 0 Å². The lowest BCUT2D eigenvalue weighted by Gasteiger charge is -2.51. The fourth-order valence-corrected chi connectivity index (χ4v) is 9.41. The second-order valence-electron chi connectivity index (χ2n) is 17.3. The van der Waals surface area contributed by atoms with Crippen LogP contribution in [-0.4, -0.2) is 320 Å².